The molecule has 150 valence electrons. The standard InChI is InChI=1S/C19H29N3O4S/c1-3-7-15(11-17(23)22-26)19(25)21-16(12-27-13(2)18(20)24)10-14-8-5-4-6-9-14/h4-6,8-9,13,15-16,26H,3,7,10-12H2,1-2H3,(H2,20,24)(H,21,25)(H,22,23). The molecule has 0 saturated heterocycles. The highest BCUT2D eigenvalue weighted by molar-refractivity contribution is 8.00. The Hall–Kier alpha value is -2.06. The smallest absolute Gasteiger partial charge is 0.244 e. The van der Waals surface area contributed by atoms with Gasteiger partial charge in [0.25, 0.3) is 0 Å². The van der Waals surface area contributed by atoms with E-state index in [0.717, 1.165) is 12.0 Å². The van der Waals surface area contributed by atoms with Crippen LogP contribution in [0.3, 0.4) is 0 Å². The zero-order valence-corrected chi connectivity index (χ0v) is 16.6. The lowest BCUT2D eigenvalue weighted by atomic mass is 9.97. The fourth-order valence-corrected chi connectivity index (χ4v) is 3.54. The van der Waals surface area contributed by atoms with Crippen molar-refractivity contribution in [2.45, 2.75) is 50.8 Å². The van der Waals surface area contributed by atoms with Gasteiger partial charge in [-0.25, -0.2) is 5.48 Å². The second kappa shape index (κ2) is 12.3. The Bertz CT molecular complexity index is 612. The number of benzene rings is 1. The Labute approximate surface area is 164 Å². The van der Waals surface area contributed by atoms with E-state index in [2.05, 4.69) is 5.32 Å². The summed E-state index contributed by atoms with van der Waals surface area (Å²) in [7, 11) is 0. The Kier molecular flexibility index (Phi) is 10.5. The number of primary amides is 1. The number of amides is 3. The molecule has 0 radical (unpaired) electrons. The van der Waals surface area contributed by atoms with Crippen molar-refractivity contribution in [1.29, 1.82) is 0 Å². The van der Waals surface area contributed by atoms with Crippen LogP contribution >= 0.6 is 11.8 Å². The highest BCUT2D eigenvalue weighted by Crippen LogP contribution is 2.17. The van der Waals surface area contributed by atoms with Gasteiger partial charge in [0.2, 0.25) is 17.7 Å². The summed E-state index contributed by atoms with van der Waals surface area (Å²) in [6, 6.07) is 9.53. The molecule has 0 aromatic heterocycles. The van der Waals surface area contributed by atoms with Gasteiger partial charge < -0.3 is 11.1 Å². The highest BCUT2D eigenvalue weighted by Gasteiger charge is 2.24. The van der Waals surface area contributed by atoms with Gasteiger partial charge in [0.1, 0.15) is 0 Å². The van der Waals surface area contributed by atoms with Gasteiger partial charge >= 0.3 is 0 Å². The second-order valence-electron chi connectivity index (χ2n) is 6.50. The van der Waals surface area contributed by atoms with Gasteiger partial charge in [-0.2, -0.15) is 0 Å². The minimum absolute atomic E-state index is 0.0704. The van der Waals surface area contributed by atoms with Crippen LogP contribution < -0.4 is 16.5 Å². The van der Waals surface area contributed by atoms with Gasteiger partial charge in [-0.3, -0.25) is 19.6 Å². The third kappa shape index (κ3) is 8.92. The van der Waals surface area contributed by atoms with Crippen LogP contribution in [0.15, 0.2) is 30.3 Å². The molecule has 1 aromatic rings. The van der Waals surface area contributed by atoms with E-state index in [0.29, 0.717) is 18.6 Å². The maximum Gasteiger partial charge on any atom is 0.244 e. The van der Waals surface area contributed by atoms with E-state index in [1.54, 1.807) is 12.4 Å². The van der Waals surface area contributed by atoms with E-state index >= 15 is 0 Å². The van der Waals surface area contributed by atoms with Crippen molar-refractivity contribution in [3.63, 3.8) is 0 Å². The van der Waals surface area contributed by atoms with Gasteiger partial charge in [0, 0.05) is 24.1 Å². The molecular formula is C19H29N3O4S. The Morgan fingerprint density at radius 2 is 1.89 bits per heavy atom. The first-order valence-electron chi connectivity index (χ1n) is 9.05. The average Bonchev–Trinajstić information content (AvgIpc) is 2.65. The monoisotopic (exact) mass is 395 g/mol. The molecular weight excluding hydrogens is 366 g/mol. The van der Waals surface area contributed by atoms with Crippen molar-refractivity contribution in [3.8, 4) is 0 Å². The zero-order chi connectivity index (χ0) is 20.2. The fourth-order valence-electron chi connectivity index (χ4n) is 2.66. The lowest BCUT2D eigenvalue weighted by Gasteiger charge is -2.23. The number of hydroxylamine groups is 1. The van der Waals surface area contributed by atoms with E-state index in [1.165, 1.54) is 11.8 Å². The molecule has 3 amide bonds. The maximum absolute atomic E-state index is 12.7. The van der Waals surface area contributed by atoms with E-state index in [-0.39, 0.29) is 23.6 Å². The van der Waals surface area contributed by atoms with E-state index in [1.807, 2.05) is 37.3 Å². The molecule has 7 nitrogen and oxygen atoms in total. The predicted molar refractivity (Wildman–Crippen MR) is 106 cm³/mol. The number of hydrogen-bond acceptors (Lipinski definition) is 5. The molecule has 0 spiro atoms. The molecule has 0 saturated carbocycles. The highest BCUT2D eigenvalue weighted by atomic mass is 32.2. The Morgan fingerprint density at radius 1 is 1.22 bits per heavy atom. The predicted octanol–water partition coefficient (Wildman–Crippen LogP) is 1.63. The van der Waals surface area contributed by atoms with Crippen molar-refractivity contribution in [2.75, 3.05) is 5.75 Å². The summed E-state index contributed by atoms with van der Waals surface area (Å²) in [5.41, 5.74) is 7.96. The molecule has 0 fully saturated rings. The topological polar surface area (TPSA) is 122 Å². The number of hydrogen-bond donors (Lipinski definition) is 4. The first kappa shape index (κ1) is 23.0. The average molecular weight is 396 g/mol. The van der Waals surface area contributed by atoms with Crippen molar-refractivity contribution in [3.05, 3.63) is 35.9 Å². The van der Waals surface area contributed by atoms with E-state index in [4.69, 9.17) is 10.9 Å². The molecule has 0 heterocycles. The van der Waals surface area contributed by atoms with Gasteiger partial charge in [-0.05, 0) is 25.3 Å². The number of thioether (sulfide) groups is 1. The van der Waals surface area contributed by atoms with Crippen molar-refractivity contribution in [1.82, 2.24) is 10.8 Å². The zero-order valence-electron chi connectivity index (χ0n) is 15.8. The molecule has 3 atom stereocenters. The van der Waals surface area contributed by atoms with Crippen LogP contribution in [0.2, 0.25) is 0 Å². The summed E-state index contributed by atoms with van der Waals surface area (Å²) in [6.07, 6.45) is 1.82. The molecule has 0 aliphatic rings. The van der Waals surface area contributed by atoms with Crippen LogP contribution in [0.4, 0.5) is 0 Å². The maximum atomic E-state index is 12.7. The van der Waals surface area contributed by atoms with Crippen molar-refractivity contribution < 1.29 is 19.6 Å². The van der Waals surface area contributed by atoms with Gasteiger partial charge in [0.05, 0.1) is 5.25 Å². The first-order valence-corrected chi connectivity index (χ1v) is 10.1. The quantitative estimate of drug-likeness (QED) is 0.317. The molecule has 27 heavy (non-hydrogen) atoms. The third-order valence-electron chi connectivity index (χ3n) is 4.18. The SMILES string of the molecule is CCCC(CC(=O)NO)C(=O)NC(CSC(C)C(N)=O)Cc1ccccc1. The van der Waals surface area contributed by atoms with Gasteiger partial charge in [-0.1, -0.05) is 43.7 Å². The summed E-state index contributed by atoms with van der Waals surface area (Å²) < 4.78 is 0. The summed E-state index contributed by atoms with van der Waals surface area (Å²) in [6.45, 7) is 3.67. The molecule has 3 unspecified atom stereocenters. The molecule has 5 N–H and O–H groups in total. The summed E-state index contributed by atoms with van der Waals surface area (Å²) in [4.78, 5) is 35.4. The number of nitrogens with two attached hydrogens (primary N) is 1. The van der Waals surface area contributed by atoms with Crippen LogP contribution in [0.25, 0.3) is 0 Å². The molecule has 8 heteroatoms. The van der Waals surface area contributed by atoms with E-state index < -0.39 is 17.7 Å². The third-order valence-corrected chi connectivity index (χ3v) is 5.51. The molecule has 1 rings (SSSR count). The Balaban J connectivity index is 2.81. The van der Waals surface area contributed by atoms with Gasteiger partial charge in [0.15, 0.2) is 0 Å². The Morgan fingerprint density at radius 3 is 2.44 bits per heavy atom. The minimum Gasteiger partial charge on any atom is -0.369 e. The number of carbonyl (C=O) groups is 3. The molecule has 1 aromatic carbocycles. The summed E-state index contributed by atoms with van der Waals surface area (Å²) in [5, 5.41) is 11.4. The van der Waals surface area contributed by atoms with Crippen LogP contribution in [-0.2, 0) is 20.8 Å². The fraction of sp³-hybridized carbons (Fsp3) is 0.526. The normalized spacial score (nSPS) is 14.0. The summed E-state index contributed by atoms with van der Waals surface area (Å²) in [5.74, 6) is -1.20. The number of nitrogens with one attached hydrogen (secondary N) is 2. The lowest BCUT2D eigenvalue weighted by molar-refractivity contribution is -0.135. The van der Waals surface area contributed by atoms with Crippen LogP contribution in [-0.4, -0.2) is 40.0 Å². The largest absolute Gasteiger partial charge is 0.369 e. The van der Waals surface area contributed by atoms with Gasteiger partial charge in [-0.15, -0.1) is 11.8 Å². The first-order chi connectivity index (χ1) is 12.9. The van der Waals surface area contributed by atoms with Crippen LogP contribution in [0.5, 0.6) is 0 Å². The van der Waals surface area contributed by atoms with Crippen molar-refractivity contribution >= 4 is 29.5 Å². The molecule has 0 bridgehead atoms. The summed E-state index contributed by atoms with van der Waals surface area (Å²) >= 11 is 1.39. The van der Waals surface area contributed by atoms with Crippen molar-refractivity contribution in [2.24, 2.45) is 11.7 Å². The number of carbonyl (C=O) groups excluding carboxylic acids is 3. The van der Waals surface area contributed by atoms with Crippen LogP contribution in [0, 0.1) is 5.92 Å². The molecule has 0 aliphatic heterocycles. The number of rotatable bonds is 12. The minimum atomic E-state index is -0.583. The van der Waals surface area contributed by atoms with Crippen LogP contribution in [0.1, 0.15) is 38.7 Å². The second-order valence-corrected chi connectivity index (χ2v) is 7.87. The molecule has 0 aliphatic carbocycles. The van der Waals surface area contributed by atoms with E-state index in [9.17, 15) is 14.4 Å². The lowest BCUT2D eigenvalue weighted by Crippen LogP contribution is -2.43.